The van der Waals surface area contributed by atoms with E-state index >= 15 is 0 Å². The summed E-state index contributed by atoms with van der Waals surface area (Å²) in [6.07, 6.45) is -0.905. The molecule has 0 heterocycles. The van der Waals surface area contributed by atoms with Gasteiger partial charge in [0.15, 0.2) is 0 Å². The van der Waals surface area contributed by atoms with E-state index in [1.54, 1.807) is 55.6 Å². The lowest BCUT2D eigenvalue weighted by Gasteiger charge is -2.01. The van der Waals surface area contributed by atoms with E-state index in [9.17, 15) is 4.79 Å². The van der Waals surface area contributed by atoms with Gasteiger partial charge in [0.05, 0.1) is 12.7 Å². The quantitative estimate of drug-likeness (QED) is 0.215. The van der Waals surface area contributed by atoms with Crippen molar-refractivity contribution in [2.24, 2.45) is 5.73 Å². The van der Waals surface area contributed by atoms with Crippen LogP contribution in [-0.4, -0.2) is 19.1 Å². The van der Waals surface area contributed by atoms with Gasteiger partial charge in [-0.25, -0.2) is 4.84 Å². The number of carbonyl (C=O) groups is 1. The molecule has 0 bridgehead atoms. The van der Waals surface area contributed by atoms with E-state index in [0.29, 0.717) is 17.1 Å². The van der Waals surface area contributed by atoms with E-state index in [1.165, 1.54) is 0 Å². The summed E-state index contributed by atoms with van der Waals surface area (Å²) < 4.78 is 9.96. The third kappa shape index (κ3) is 4.24. The van der Waals surface area contributed by atoms with Crippen molar-refractivity contribution in [3.8, 4) is 11.5 Å². The zero-order chi connectivity index (χ0) is 15.1. The SMILES string of the molecule is COc1ccc(C(N)=[NH+]OC(=O)Oc2ccccc2)cc1. The predicted octanol–water partition coefficient (Wildman–Crippen LogP) is 0.612. The summed E-state index contributed by atoms with van der Waals surface area (Å²) in [6, 6.07) is 15.5. The van der Waals surface area contributed by atoms with Crippen LogP contribution in [0.5, 0.6) is 11.5 Å². The molecule has 0 saturated carbocycles. The summed E-state index contributed by atoms with van der Waals surface area (Å²) in [4.78, 5) is 16.2. The molecule has 2 aromatic carbocycles. The summed E-state index contributed by atoms with van der Waals surface area (Å²) in [5, 5.41) is 2.34. The number of nitrogen functional groups attached to an aromatic ring is 1. The number of benzene rings is 2. The van der Waals surface area contributed by atoms with Crippen LogP contribution in [0.2, 0.25) is 0 Å². The van der Waals surface area contributed by atoms with Gasteiger partial charge in [-0.05, 0) is 36.4 Å². The molecule has 0 amide bonds. The highest BCUT2D eigenvalue weighted by Gasteiger charge is 2.10. The molecule has 0 aliphatic rings. The average Bonchev–Trinajstić information content (AvgIpc) is 2.53. The fourth-order valence-corrected chi connectivity index (χ4v) is 1.53. The van der Waals surface area contributed by atoms with Gasteiger partial charge < -0.3 is 9.47 Å². The summed E-state index contributed by atoms with van der Waals surface area (Å²) >= 11 is 0. The van der Waals surface area contributed by atoms with Gasteiger partial charge in [0.1, 0.15) is 11.5 Å². The second-order valence-electron chi connectivity index (χ2n) is 4.01. The molecule has 2 aromatic rings. The maximum absolute atomic E-state index is 11.5. The minimum absolute atomic E-state index is 0.183. The van der Waals surface area contributed by atoms with Crippen molar-refractivity contribution < 1.29 is 24.3 Å². The molecular formula is C15H15N2O4+. The lowest BCUT2D eigenvalue weighted by Crippen LogP contribution is -2.75. The summed E-state index contributed by atoms with van der Waals surface area (Å²) in [6.45, 7) is 0. The Morgan fingerprint density at radius 3 is 2.29 bits per heavy atom. The van der Waals surface area contributed by atoms with Gasteiger partial charge in [0, 0.05) is 0 Å². The van der Waals surface area contributed by atoms with Crippen LogP contribution in [0, 0.1) is 0 Å². The van der Waals surface area contributed by atoms with Crippen LogP contribution in [0.1, 0.15) is 5.56 Å². The number of methoxy groups -OCH3 is 1. The van der Waals surface area contributed by atoms with Crippen molar-refractivity contribution in [3.05, 3.63) is 60.2 Å². The largest absolute Gasteiger partial charge is 0.556 e. The van der Waals surface area contributed by atoms with E-state index in [0.717, 1.165) is 0 Å². The normalized spacial score (nSPS) is 10.8. The average molecular weight is 287 g/mol. The van der Waals surface area contributed by atoms with Crippen molar-refractivity contribution in [1.29, 1.82) is 0 Å². The molecule has 108 valence electrons. The van der Waals surface area contributed by atoms with Crippen LogP contribution in [-0.2, 0) is 4.84 Å². The summed E-state index contributed by atoms with van der Waals surface area (Å²) in [5.41, 5.74) is 6.42. The summed E-state index contributed by atoms with van der Waals surface area (Å²) in [5.74, 6) is 1.27. The van der Waals surface area contributed by atoms with Crippen molar-refractivity contribution in [2.75, 3.05) is 7.11 Å². The molecule has 0 aliphatic heterocycles. The number of hydrogen-bond donors (Lipinski definition) is 2. The first-order valence-corrected chi connectivity index (χ1v) is 6.15. The molecule has 0 atom stereocenters. The standard InChI is InChI=1S/C15H14N2O4/c1-19-12-9-7-11(8-10-12)14(16)17-21-15(18)20-13-5-3-2-4-6-13/h2-10H,1H3,(H2,16,17)/p+1. The molecule has 0 fully saturated rings. The van der Waals surface area contributed by atoms with E-state index < -0.39 is 6.16 Å². The van der Waals surface area contributed by atoms with Crippen LogP contribution in [0.25, 0.3) is 0 Å². The second kappa shape index (κ2) is 6.95. The number of nitrogens with two attached hydrogens (primary N) is 1. The lowest BCUT2D eigenvalue weighted by atomic mass is 10.2. The Morgan fingerprint density at radius 1 is 1.00 bits per heavy atom. The van der Waals surface area contributed by atoms with E-state index in [1.807, 2.05) is 6.07 Å². The molecule has 0 unspecified atom stereocenters. The van der Waals surface area contributed by atoms with Crippen LogP contribution in [0.3, 0.4) is 0 Å². The number of carbonyl (C=O) groups excluding carboxylic acids is 1. The maximum Gasteiger partial charge on any atom is 0.556 e. The molecule has 6 nitrogen and oxygen atoms in total. The van der Waals surface area contributed by atoms with E-state index in [2.05, 4.69) is 5.16 Å². The fraction of sp³-hybridized carbons (Fsp3) is 0.0667. The molecule has 0 saturated heterocycles. The molecule has 6 heteroatoms. The second-order valence-corrected chi connectivity index (χ2v) is 4.01. The number of amidine groups is 1. The smallest absolute Gasteiger partial charge is 0.497 e. The predicted molar refractivity (Wildman–Crippen MR) is 75.8 cm³/mol. The third-order valence-electron chi connectivity index (χ3n) is 2.59. The molecule has 0 aliphatic carbocycles. The van der Waals surface area contributed by atoms with E-state index in [4.69, 9.17) is 20.0 Å². The monoisotopic (exact) mass is 287 g/mol. The van der Waals surface area contributed by atoms with Gasteiger partial charge in [-0.15, -0.1) is 0 Å². The number of para-hydroxylation sites is 1. The van der Waals surface area contributed by atoms with Gasteiger partial charge in [-0.1, -0.05) is 23.4 Å². The van der Waals surface area contributed by atoms with Crippen LogP contribution in [0.4, 0.5) is 4.79 Å². The molecule has 3 N–H and O–H groups in total. The van der Waals surface area contributed by atoms with Crippen molar-refractivity contribution in [3.63, 3.8) is 0 Å². The van der Waals surface area contributed by atoms with Gasteiger partial charge in [0.25, 0.3) is 0 Å². The number of rotatable bonds is 4. The van der Waals surface area contributed by atoms with E-state index in [-0.39, 0.29) is 5.84 Å². The first-order valence-electron chi connectivity index (χ1n) is 6.15. The number of nitrogens with one attached hydrogen (secondary N) is 1. The lowest BCUT2D eigenvalue weighted by molar-refractivity contribution is -0.724. The Labute approximate surface area is 121 Å². The Kier molecular flexibility index (Phi) is 4.76. The third-order valence-corrected chi connectivity index (χ3v) is 2.59. The number of hydrogen-bond acceptors (Lipinski definition) is 4. The summed E-state index contributed by atoms with van der Waals surface area (Å²) in [7, 11) is 1.57. The van der Waals surface area contributed by atoms with Gasteiger partial charge in [0.2, 0.25) is 0 Å². The fourth-order valence-electron chi connectivity index (χ4n) is 1.53. The highest BCUT2D eigenvalue weighted by molar-refractivity contribution is 5.92. The first-order chi connectivity index (χ1) is 10.2. The minimum atomic E-state index is -0.905. The topological polar surface area (TPSA) is 84.8 Å². The number of ether oxygens (including phenoxy) is 2. The Hall–Kier alpha value is -3.02. The highest BCUT2D eigenvalue weighted by Crippen LogP contribution is 2.10. The molecule has 21 heavy (non-hydrogen) atoms. The molecule has 0 spiro atoms. The van der Waals surface area contributed by atoms with Crippen LogP contribution in [0.15, 0.2) is 54.6 Å². The van der Waals surface area contributed by atoms with Crippen LogP contribution < -0.4 is 20.4 Å². The van der Waals surface area contributed by atoms with Crippen molar-refractivity contribution >= 4 is 12.0 Å². The first kappa shape index (κ1) is 14.4. The van der Waals surface area contributed by atoms with Crippen LogP contribution >= 0.6 is 0 Å². The maximum atomic E-state index is 11.5. The molecule has 0 aromatic heterocycles. The Bertz CT molecular complexity index is 624. The molecular weight excluding hydrogens is 272 g/mol. The highest BCUT2D eigenvalue weighted by atomic mass is 16.8. The van der Waals surface area contributed by atoms with Gasteiger partial charge >= 0.3 is 12.0 Å². The molecule has 0 radical (unpaired) electrons. The zero-order valence-electron chi connectivity index (χ0n) is 11.4. The molecule has 2 rings (SSSR count). The van der Waals surface area contributed by atoms with Gasteiger partial charge in [-0.3, -0.25) is 5.73 Å². The zero-order valence-corrected chi connectivity index (χ0v) is 11.4. The Balaban J connectivity index is 1.94. The van der Waals surface area contributed by atoms with Crippen molar-refractivity contribution in [2.45, 2.75) is 0 Å². The minimum Gasteiger partial charge on any atom is -0.497 e. The Morgan fingerprint density at radius 2 is 1.67 bits per heavy atom. The van der Waals surface area contributed by atoms with Gasteiger partial charge in [-0.2, -0.15) is 4.79 Å². The van der Waals surface area contributed by atoms with Crippen molar-refractivity contribution in [1.82, 2.24) is 0 Å².